The summed E-state index contributed by atoms with van der Waals surface area (Å²) >= 11 is 0. The monoisotopic (exact) mass is 308 g/mol. The van der Waals surface area contributed by atoms with Crippen LogP contribution in [-0.4, -0.2) is 56.9 Å². The maximum Gasteiger partial charge on any atom is 0.195 e. The molecule has 0 unspecified atom stereocenters. The molecule has 22 heavy (non-hydrogen) atoms. The third-order valence-corrected chi connectivity index (χ3v) is 3.54. The molecule has 1 aliphatic rings. The average Bonchev–Trinajstić information content (AvgIpc) is 3.11. The van der Waals surface area contributed by atoms with Gasteiger partial charge >= 0.3 is 0 Å². The molecule has 9 nitrogen and oxygen atoms in total. The molecule has 0 aromatic carbocycles. The lowest BCUT2D eigenvalue weighted by atomic mass is 10.2. The molecule has 0 saturated carbocycles. The highest BCUT2D eigenvalue weighted by atomic mass is 16.5. The number of aromatic nitrogens is 2. The van der Waals surface area contributed by atoms with Gasteiger partial charge in [0.2, 0.25) is 0 Å². The summed E-state index contributed by atoms with van der Waals surface area (Å²) in [6, 6.07) is 2.01. The van der Waals surface area contributed by atoms with E-state index in [1.165, 1.54) is 10.9 Å². The lowest BCUT2D eigenvalue weighted by Crippen LogP contribution is -2.24. The molecule has 3 atom stereocenters. The van der Waals surface area contributed by atoms with E-state index < -0.39 is 18.4 Å². The Morgan fingerprint density at radius 2 is 2.27 bits per heavy atom. The summed E-state index contributed by atoms with van der Waals surface area (Å²) in [5.41, 5.74) is 0.279. The molecular formula is C13H20N6O3. The van der Waals surface area contributed by atoms with Gasteiger partial charge in [-0.05, 0) is 13.8 Å². The quantitative estimate of drug-likeness (QED) is 0.591. The Bertz CT molecular complexity index is 563. The van der Waals surface area contributed by atoms with E-state index in [2.05, 4.69) is 15.4 Å². The van der Waals surface area contributed by atoms with Crippen LogP contribution in [0.2, 0.25) is 0 Å². The summed E-state index contributed by atoms with van der Waals surface area (Å²) in [6.45, 7) is 5.02. The van der Waals surface area contributed by atoms with Crippen molar-refractivity contribution in [1.82, 2.24) is 14.8 Å². The smallest absolute Gasteiger partial charge is 0.195 e. The predicted octanol–water partition coefficient (Wildman–Crippen LogP) is 0.736. The van der Waals surface area contributed by atoms with Crippen molar-refractivity contribution in [3.05, 3.63) is 11.8 Å². The standard InChI is InChI=1S/C13H20N6O3/c1-3-18(4-2)17-16-13-9(6-14)7-15-19(13)12-5-10(21)11(8-20)22-12/h7,10-12,20-21H,3-5,8H2,1-2H3/t10-,11+,12+/m0/s1. The molecule has 1 aliphatic heterocycles. The van der Waals surface area contributed by atoms with Gasteiger partial charge in [-0.3, -0.25) is 5.01 Å². The summed E-state index contributed by atoms with van der Waals surface area (Å²) in [5, 5.41) is 42.1. The highest BCUT2D eigenvalue weighted by molar-refractivity contribution is 5.46. The van der Waals surface area contributed by atoms with E-state index in [0.29, 0.717) is 13.1 Å². The van der Waals surface area contributed by atoms with E-state index in [1.807, 2.05) is 19.9 Å². The van der Waals surface area contributed by atoms with Crippen molar-refractivity contribution in [3.63, 3.8) is 0 Å². The molecule has 9 heteroatoms. The Morgan fingerprint density at radius 1 is 1.55 bits per heavy atom. The number of hydrogen-bond acceptors (Lipinski definition) is 7. The fourth-order valence-corrected chi connectivity index (χ4v) is 2.23. The van der Waals surface area contributed by atoms with Gasteiger partial charge in [0.05, 0.1) is 18.9 Å². The van der Waals surface area contributed by atoms with Gasteiger partial charge in [0.25, 0.3) is 0 Å². The minimum Gasteiger partial charge on any atom is -0.394 e. The third kappa shape index (κ3) is 3.24. The van der Waals surface area contributed by atoms with Crippen molar-refractivity contribution >= 4 is 5.82 Å². The molecule has 2 rings (SSSR count). The molecule has 120 valence electrons. The molecule has 1 aromatic rings. The Labute approximate surface area is 128 Å². The number of hydrogen-bond donors (Lipinski definition) is 2. The third-order valence-electron chi connectivity index (χ3n) is 3.54. The van der Waals surface area contributed by atoms with Crippen LogP contribution >= 0.6 is 0 Å². The van der Waals surface area contributed by atoms with Crippen molar-refractivity contribution < 1.29 is 14.9 Å². The molecule has 0 aliphatic carbocycles. The SMILES string of the molecule is CCN(CC)N=Nc1c(C#N)cnn1[C@H]1C[C@H](O)[C@@H](CO)O1. The van der Waals surface area contributed by atoms with Crippen LogP contribution in [-0.2, 0) is 4.74 Å². The fourth-order valence-electron chi connectivity index (χ4n) is 2.23. The summed E-state index contributed by atoms with van der Waals surface area (Å²) in [6.07, 6.45) is -0.367. The van der Waals surface area contributed by atoms with Crippen LogP contribution in [0, 0.1) is 11.3 Å². The van der Waals surface area contributed by atoms with Crippen LogP contribution in [0.5, 0.6) is 0 Å². The Morgan fingerprint density at radius 3 is 2.82 bits per heavy atom. The zero-order chi connectivity index (χ0) is 16.1. The van der Waals surface area contributed by atoms with Crippen molar-refractivity contribution in [2.24, 2.45) is 10.3 Å². The Hall–Kier alpha value is -2.02. The highest BCUT2D eigenvalue weighted by Crippen LogP contribution is 2.33. The second kappa shape index (κ2) is 7.31. The van der Waals surface area contributed by atoms with Gasteiger partial charge in [-0.1, -0.05) is 5.22 Å². The van der Waals surface area contributed by atoms with E-state index in [4.69, 9.17) is 15.1 Å². The number of ether oxygens (including phenoxy) is 1. The van der Waals surface area contributed by atoms with Gasteiger partial charge in [0.1, 0.15) is 17.7 Å². The number of aliphatic hydroxyl groups excluding tert-OH is 2. The molecule has 2 N–H and O–H groups in total. The summed E-state index contributed by atoms with van der Waals surface area (Å²) in [7, 11) is 0. The lowest BCUT2D eigenvalue weighted by Gasteiger charge is -2.14. The van der Waals surface area contributed by atoms with Crippen LogP contribution in [0.1, 0.15) is 32.1 Å². The second-order valence-corrected chi connectivity index (χ2v) is 4.88. The van der Waals surface area contributed by atoms with Crippen molar-refractivity contribution in [3.8, 4) is 6.07 Å². The summed E-state index contributed by atoms with van der Waals surface area (Å²) in [4.78, 5) is 0. The maximum absolute atomic E-state index is 9.82. The normalized spacial score (nSPS) is 24.8. The van der Waals surface area contributed by atoms with E-state index in [-0.39, 0.29) is 24.4 Å². The minimum atomic E-state index is -0.780. The van der Waals surface area contributed by atoms with E-state index in [1.54, 1.807) is 5.01 Å². The van der Waals surface area contributed by atoms with Crippen LogP contribution in [0.3, 0.4) is 0 Å². The molecule has 0 amide bonds. The lowest BCUT2D eigenvalue weighted by molar-refractivity contribution is -0.0478. The van der Waals surface area contributed by atoms with Crippen LogP contribution < -0.4 is 0 Å². The Balaban J connectivity index is 2.26. The average molecular weight is 308 g/mol. The van der Waals surface area contributed by atoms with E-state index in [9.17, 15) is 5.11 Å². The van der Waals surface area contributed by atoms with E-state index >= 15 is 0 Å². The van der Waals surface area contributed by atoms with Gasteiger partial charge in [0.15, 0.2) is 12.0 Å². The van der Waals surface area contributed by atoms with Crippen LogP contribution in [0.25, 0.3) is 0 Å². The number of nitrogens with zero attached hydrogens (tertiary/aromatic N) is 6. The fraction of sp³-hybridized carbons (Fsp3) is 0.692. The van der Waals surface area contributed by atoms with E-state index in [0.717, 1.165) is 0 Å². The van der Waals surface area contributed by atoms with Crippen molar-refractivity contribution in [2.75, 3.05) is 19.7 Å². The number of aliphatic hydroxyl groups is 2. The Kier molecular flexibility index (Phi) is 5.43. The first kappa shape index (κ1) is 16.4. The predicted molar refractivity (Wildman–Crippen MR) is 76.0 cm³/mol. The maximum atomic E-state index is 9.82. The van der Waals surface area contributed by atoms with Crippen molar-refractivity contribution in [2.45, 2.75) is 38.7 Å². The molecule has 1 fully saturated rings. The van der Waals surface area contributed by atoms with Gasteiger partial charge in [-0.25, -0.2) is 4.68 Å². The molecule has 0 spiro atoms. The van der Waals surface area contributed by atoms with Crippen molar-refractivity contribution in [1.29, 1.82) is 5.26 Å². The van der Waals surface area contributed by atoms with Gasteiger partial charge in [0, 0.05) is 19.5 Å². The molecule has 1 saturated heterocycles. The molecule has 0 bridgehead atoms. The van der Waals surface area contributed by atoms with Gasteiger partial charge in [-0.2, -0.15) is 10.4 Å². The van der Waals surface area contributed by atoms with Crippen LogP contribution in [0.4, 0.5) is 5.82 Å². The first-order chi connectivity index (χ1) is 10.6. The molecule has 0 radical (unpaired) electrons. The largest absolute Gasteiger partial charge is 0.394 e. The van der Waals surface area contributed by atoms with Gasteiger partial charge in [-0.15, -0.1) is 5.11 Å². The highest BCUT2D eigenvalue weighted by Gasteiger charge is 2.36. The topological polar surface area (TPSA) is 119 Å². The second-order valence-electron chi connectivity index (χ2n) is 4.88. The van der Waals surface area contributed by atoms with Gasteiger partial charge < -0.3 is 14.9 Å². The molecule has 1 aromatic heterocycles. The number of rotatable bonds is 6. The van der Waals surface area contributed by atoms with Crippen LogP contribution in [0.15, 0.2) is 16.5 Å². The summed E-state index contributed by atoms with van der Waals surface area (Å²) in [5.74, 6) is 0.283. The summed E-state index contributed by atoms with van der Waals surface area (Å²) < 4.78 is 6.96. The number of nitriles is 1. The minimum absolute atomic E-state index is 0.269. The first-order valence-electron chi connectivity index (χ1n) is 7.23. The molecule has 2 heterocycles. The molecular weight excluding hydrogens is 288 g/mol. The first-order valence-corrected chi connectivity index (χ1v) is 7.23. The zero-order valence-electron chi connectivity index (χ0n) is 12.6. The zero-order valence-corrected chi connectivity index (χ0v) is 12.6.